The van der Waals surface area contributed by atoms with Gasteiger partial charge in [0, 0.05) is 13.1 Å². The number of hydrogen-bond acceptors (Lipinski definition) is 3. The van der Waals surface area contributed by atoms with Gasteiger partial charge in [-0.15, -0.1) is 0 Å². The van der Waals surface area contributed by atoms with Gasteiger partial charge in [-0.3, -0.25) is 4.79 Å². The van der Waals surface area contributed by atoms with Crippen molar-refractivity contribution in [1.29, 1.82) is 0 Å². The topological polar surface area (TPSA) is 60.8 Å². The molecular weight excluding hydrogens is 266 g/mol. The van der Waals surface area contributed by atoms with Crippen molar-refractivity contribution in [3.05, 3.63) is 59.2 Å². The Morgan fingerprint density at radius 1 is 1.05 bits per heavy atom. The van der Waals surface area contributed by atoms with Gasteiger partial charge in [0.1, 0.15) is 11.5 Å². The summed E-state index contributed by atoms with van der Waals surface area (Å²) >= 11 is 0. The van der Waals surface area contributed by atoms with E-state index in [4.69, 9.17) is 0 Å². The van der Waals surface area contributed by atoms with Gasteiger partial charge in [0.25, 0.3) is 5.91 Å². The van der Waals surface area contributed by atoms with Gasteiger partial charge in [-0.2, -0.15) is 0 Å². The SMILES string of the molecule is O=C(c1cc(O)ccc1O)N1CCCc2ccccc2C1. The molecule has 2 N–H and O–H groups in total. The van der Waals surface area contributed by atoms with Crippen molar-refractivity contribution in [3.8, 4) is 11.5 Å². The molecule has 21 heavy (non-hydrogen) atoms. The van der Waals surface area contributed by atoms with Crippen molar-refractivity contribution in [2.24, 2.45) is 0 Å². The molecule has 2 aromatic carbocycles. The van der Waals surface area contributed by atoms with Crippen molar-refractivity contribution in [2.45, 2.75) is 19.4 Å². The van der Waals surface area contributed by atoms with Gasteiger partial charge < -0.3 is 15.1 Å². The first kappa shape index (κ1) is 13.5. The second kappa shape index (κ2) is 5.48. The van der Waals surface area contributed by atoms with E-state index in [2.05, 4.69) is 6.07 Å². The second-order valence-corrected chi connectivity index (χ2v) is 5.30. The van der Waals surface area contributed by atoms with E-state index in [1.807, 2.05) is 18.2 Å². The van der Waals surface area contributed by atoms with Crippen LogP contribution in [-0.2, 0) is 13.0 Å². The van der Waals surface area contributed by atoms with Crippen LogP contribution in [0.15, 0.2) is 42.5 Å². The number of phenols is 2. The molecule has 1 heterocycles. The predicted octanol–water partition coefficient (Wildman–Crippen LogP) is 2.69. The van der Waals surface area contributed by atoms with E-state index in [1.165, 1.54) is 23.8 Å². The van der Waals surface area contributed by atoms with Gasteiger partial charge in [0.15, 0.2) is 0 Å². The Morgan fingerprint density at radius 3 is 2.62 bits per heavy atom. The number of carbonyl (C=O) groups is 1. The highest BCUT2D eigenvalue weighted by Crippen LogP contribution is 2.26. The number of phenolic OH excluding ortho intramolecular Hbond substituents is 2. The number of carbonyl (C=O) groups excluding carboxylic acids is 1. The molecule has 0 fully saturated rings. The minimum absolute atomic E-state index is 0.0219. The van der Waals surface area contributed by atoms with Crippen LogP contribution in [-0.4, -0.2) is 27.6 Å². The van der Waals surface area contributed by atoms with Crippen LogP contribution in [0.5, 0.6) is 11.5 Å². The van der Waals surface area contributed by atoms with Crippen LogP contribution in [0.3, 0.4) is 0 Å². The number of nitrogens with zero attached hydrogens (tertiary/aromatic N) is 1. The van der Waals surface area contributed by atoms with Gasteiger partial charge in [0.05, 0.1) is 5.56 Å². The van der Waals surface area contributed by atoms with Gasteiger partial charge in [-0.25, -0.2) is 0 Å². The summed E-state index contributed by atoms with van der Waals surface area (Å²) in [6, 6.07) is 12.1. The maximum absolute atomic E-state index is 12.6. The minimum Gasteiger partial charge on any atom is -0.508 e. The molecule has 0 aliphatic carbocycles. The van der Waals surface area contributed by atoms with Crippen molar-refractivity contribution < 1.29 is 15.0 Å². The third-order valence-electron chi connectivity index (χ3n) is 3.85. The lowest BCUT2D eigenvalue weighted by Crippen LogP contribution is -2.30. The summed E-state index contributed by atoms with van der Waals surface area (Å²) in [4.78, 5) is 14.3. The van der Waals surface area contributed by atoms with Crippen molar-refractivity contribution in [1.82, 2.24) is 4.90 Å². The van der Waals surface area contributed by atoms with Gasteiger partial charge >= 0.3 is 0 Å². The first-order valence-corrected chi connectivity index (χ1v) is 7.03. The zero-order valence-corrected chi connectivity index (χ0v) is 11.6. The van der Waals surface area contributed by atoms with Crippen molar-refractivity contribution in [3.63, 3.8) is 0 Å². The Labute approximate surface area is 123 Å². The molecule has 0 saturated carbocycles. The fourth-order valence-corrected chi connectivity index (χ4v) is 2.74. The lowest BCUT2D eigenvalue weighted by Gasteiger charge is -2.21. The van der Waals surface area contributed by atoms with Crippen LogP contribution in [0.25, 0.3) is 0 Å². The molecular formula is C17H17NO3. The summed E-state index contributed by atoms with van der Waals surface area (Å²) in [5.74, 6) is -0.373. The number of aromatic hydroxyl groups is 2. The van der Waals surface area contributed by atoms with Gasteiger partial charge in [0.2, 0.25) is 0 Å². The molecule has 1 aliphatic rings. The van der Waals surface area contributed by atoms with Crippen molar-refractivity contribution >= 4 is 5.91 Å². The molecule has 4 heteroatoms. The molecule has 0 bridgehead atoms. The Morgan fingerprint density at radius 2 is 1.81 bits per heavy atom. The Balaban J connectivity index is 1.90. The minimum atomic E-state index is -0.250. The highest BCUT2D eigenvalue weighted by Gasteiger charge is 2.22. The van der Waals surface area contributed by atoms with Crippen LogP contribution in [0.1, 0.15) is 27.9 Å². The molecule has 2 aromatic rings. The maximum atomic E-state index is 12.6. The van der Waals surface area contributed by atoms with E-state index in [1.54, 1.807) is 4.90 Å². The number of rotatable bonds is 1. The Kier molecular flexibility index (Phi) is 3.52. The van der Waals surface area contributed by atoms with Gasteiger partial charge in [-0.05, 0) is 42.2 Å². The van der Waals surface area contributed by atoms with Crippen LogP contribution >= 0.6 is 0 Å². The number of benzene rings is 2. The summed E-state index contributed by atoms with van der Waals surface area (Å²) < 4.78 is 0. The first-order valence-electron chi connectivity index (χ1n) is 7.03. The summed E-state index contributed by atoms with van der Waals surface area (Å²) in [6.45, 7) is 1.17. The Bertz CT molecular complexity index is 681. The monoisotopic (exact) mass is 283 g/mol. The molecule has 0 aromatic heterocycles. The molecule has 108 valence electrons. The molecule has 4 nitrogen and oxygen atoms in total. The Hall–Kier alpha value is -2.49. The van der Waals surface area contributed by atoms with E-state index in [0.29, 0.717) is 13.1 Å². The average molecular weight is 283 g/mol. The molecule has 0 unspecified atom stereocenters. The third kappa shape index (κ3) is 2.70. The normalized spacial score (nSPS) is 14.4. The van der Waals surface area contributed by atoms with Gasteiger partial charge in [-0.1, -0.05) is 24.3 Å². The fraction of sp³-hybridized carbons (Fsp3) is 0.235. The first-order chi connectivity index (χ1) is 10.1. The van der Waals surface area contributed by atoms with E-state index in [9.17, 15) is 15.0 Å². The average Bonchev–Trinajstić information content (AvgIpc) is 2.71. The third-order valence-corrected chi connectivity index (χ3v) is 3.85. The van der Waals surface area contributed by atoms with Crippen LogP contribution < -0.4 is 0 Å². The number of fused-ring (bicyclic) bond motifs is 1. The van der Waals surface area contributed by atoms with Crippen LogP contribution in [0.2, 0.25) is 0 Å². The second-order valence-electron chi connectivity index (χ2n) is 5.30. The standard InChI is InChI=1S/C17H17NO3/c19-14-7-8-16(20)15(10-14)17(21)18-9-3-6-12-4-1-2-5-13(12)11-18/h1-2,4-5,7-8,10,19-20H,3,6,9,11H2. The summed E-state index contributed by atoms with van der Waals surface area (Å²) in [5.41, 5.74) is 2.56. The number of aryl methyl sites for hydroxylation is 1. The molecule has 1 aliphatic heterocycles. The zero-order valence-electron chi connectivity index (χ0n) is 11.6. The smallest absolute Gasteiger partial charge is 0.258 e. The molecule has 0 saturated heterocycles. The quantitative estimate of drug-likeness (QED) is 0.791. The lowest BCUT2D eigenvalue weighted by atomic mass is 10.0. The van der Waals surface area contributed by atoms with E-state index >= 15 is 0 Å². The maximum Gasteiger partial charge on any atom is 0.258 e. The highest BCUT2D eigenvalue weighted by molar-refractivity contribution is 5.97. The lowest BCUT2D eigenvalue weighted by molar-refractivity contribution is 0.0742. The van der Waals surface area contributed by atoms with Crippen LogP contribution in [0, 0.1) is 0 Å². The zero-order chi connectivity index (χ0) is 14.8. The molecule has 0 spiro atoms. The number of hydrogen-bond donors (Lipinski definition) is 2. The van der Waals surface area contributed by atoms with E-state index < -0.39 is 0 Å². The number of amides is 1. The van der Waals surface area contributed by atoms with Crippen LogP contribution in [0.4, 0.5) is 0 Å². The highest BCUT2D eigenvalue weighted by atomic mass is 16.3. The van der Waals surface area contributed by atoms with Crippen molar-refractivity contribution in [2.75, 3.05) is 6.54 Å². The summed E-state index contributed by atoms with van der Waals surface area (Å²) in [6.07, 6.45) is 1.84. The molecule has 0 radical (unpaired) electrons. The summed E-state index contributed by atoms with van der Waals surface area (Å²) in [7, 11) is 0. The fourth-order valence-electron chi connectivity index (χ4n) is 2.74. The van der Waals surface area contributed by atoms with E-state index in [0.717, 1.165) is 18.4 Å². The largest absolute Gasteiger partial charge is 0.508 e. The predicted molar refractivity (Wildman–Crippen MR) is 79.3 cm³/mol. The molecule has 0 atom stereocenters. The summed E-state index contributed by atoms with van der Waals surface area (Å²) in [5, 5.41) is 19.4. The molecule has 3 rings (SSSR count). The van der Waals surface area contributed by atoms with E-state index in [-0.39, 0.29) is 23.0 Å². The molecule has 1 amide bonds.